The molecule has 0 unspecified atom stereocenters. The molecule has 1 heterocycles. The highest BCUT2D eigenvalue weighted by molar-refractivity contribution is 5.79. The number of imidazole rings is 1. The van der Waals surface area contributed by atoms with Gasteiger partial charge in [-0.3, -0.25) is 0 Å². The zero-order valence-corrected chi connectivity index (χ0v) is 10.8. The third-order valence-electron chi connectivity index (χ3n) is 3.18. The Morgan fingerprint density at radius 2 is 1.84 bits per heavy atom. The molecular formula is C16H16N2O. The van der Waals surface area contributed by atoms with Crippen LogP contribution >= 0.6 is 0 Å². The van der Waals surface area contributed by atoms with Crippen molar-refractivity contribution in [3.63, 3.8) is 0 Å². The molecule has 96 valence electrons. The summed E-state index contributed by atoms with van der Waals surface area (Å²) in [6.45, 7) is 1.80. The summed E-state index contributed by atoms with van der Waals surface area (Å²) in [4.78, 5) is 7.95. The van der Waals surface area contributed by atoms with Crippen molar-refractivity contribution in [1.29, 1.82) is 0 Å². The first-order valence-corrected chi connectivity index (χ1v) is 6.45. The summed E-state index contributed by atoms with van der Waals surface area (Å²) in [5.41, 5.74) is 4.16. The smallest absolute Gasteiger partial charge is 0.138 e. The van der Waals surface area contributed by atoms with Gasteiger partial charge >= 0.3 is 0 Å². The normalized spacial score (nSPS) is 12.7. The van der Waals surface area contributed by atoms with E-state index in [0.29, 0.717) is 6.42 Å². The van der Waals surface area contributed by atoms with Gasteiger partial charge in [0.05, 0.1) is 17.1 Å². The molecule has 0 saturated carbocycles. The van der Waals surface area contributed by atoms with Crippen LogP contribution in [0.2, 0.25) is 0 Å². The molecule has 1 atom stereocenters. The number of aromatic amines is 1. The Labute approximate surface area is 111 Å². The number of para-hydroxylation sites is 2. The Morgan fingerprint density at radius 1 is 1.11 bits per heavy atom. The minimum atomic E-state index is -0.356. The lowest BCUT2D eigenvalue weighted by Crippen LogP contribution is -2.05. The van der Waals surface area contributed by atoms with E-state index in [9.17, 15) is 5.11 Å². The quantitative estimate of drug-likeness (QED) is 0.752. The van der Waals surface area contributed by atoms with Crippen molar-refractivity contribution in [1.82, 2.24) is 9.97 Å². The lowest BCUT2D eigenvalue weighted by atomic mass is 10.0. The first kappa shape index (κ1) is 11.9. The molecular weight excluding hydrogens is 236 g/mol. The SMILES string of the molecule is C[C@H](O)Cc1ccccc1-c1nc2ccccc2[nH]1. The van der Waals surface area contributed by atoms with Gasteiger partial charge in [-0.05, 0) is 31.0 Å². The van der Waals surface area contributed by atoms with Crippen LogP contribution in [0.3, 0.4) is 0 Å². The Balaban J connectivity index is 2.10. The van der Waals surface area contributed by atoms with E-state index in [4.69, 9.17) is 0 Å². The number of H-pyrrole nitrogens is 1. The summed E-state index contributed by atoms with van der Waals surface area (Å²) in [6.07, 6.45) is 0.276. The van der Waals surface area contributed by atoms with E-state index in [1.54, 1.807) is 6.92 Å². The topological polar surface area (TPSA) is 48.9 Å². The zero-order chi connectivity index (χ0) is 13.2. The Hall–Kier alpha value is -2.13. The Morgan fingerprint density at radius 3 is 2.63 bits per heavy atom. The number of nitrogens with zero attached hydrogens (tertiary/aromatic N) is 1. The summed E-state index contributed by atoms with van der Waals surface area (Å²) in [7, 11) is 0. The lowest BCUT2D eigenvalue weighted by molar-refractivity contribution is 0.195. The third-order valence-corrected chi connectivity index (χ3v) is 3.18. The maximum absolute atomic E-state index is 9.59. The molecule has 0 amide bonds. The van der Waals surface area contributed by atoms with E-state index in [2.05, 4.69) is 9.97 Å². The van der Waals surface area contributed by atoms with Gasteiger partial charge in [-0.25, -0.2) is 4.98 Å². The first-order chi connectivity index (χ1) is 9.24. The van der Waals surface area contributed by atoms with Crippen LogP contribution in [-0.2, 0) is 6.42 Å². The number of aliphatic hydroxyl groups is 1. The number of aliphatic hydroxyl groups excluding tert-OH is 1. The summed E-state index contributed by atoms with van der Waals surface area (Å²) in [5.74, 6) is 0.859. The van der Waals surface area contributed by atoms with Gasteiger partial charge in [0, 0.05) is 5.56 Å². The molecule has 0 fully saturated rings. The van der Waals surface area contributed by atoms with Crippen molar-refractivity contribution in [2.75, 3.05) is 0 Å². The molecule has 0 aliphatic rings. The highest BCUT2D eigenvalue weighted by Crippen LogP contribution is 2.24. The van der Waals surface area contributed by atoms with Crippen molar-refractivity contribution >= 4 is 11.0 Å². The fourth-order valence-corrected chi connectivity index (χ4v) is 2.33. The monoisotopic (exact) mass is 252 g/mol. The van der Waals surface area contributed by atoms with Crippen LogP contribution in [-0.4, -0.2) is 21.2 Å². The van der Waals surface area contributed by atoms with Gasteiger partial charge in [0.15, 0.2) is 0 Å². The molecule has 3 rings (SSSR count). The van der Waals surface area contributed by atoms with Crippen molar-refractivity contribution < 1.29 is 5.11 Å². The molecule has 0 radical (unpaired) electrons. The number of hydrogen-bond acceptors (Lipinski definition) is 2. The van der Waals surface area contributed by atoms with Crippen LogP contribution in [0.15, 0.2) is 48.5 Å². The molecule has 3 aromatic rings. The third kappa shape index (κ3) is 2.37. The average molecular weight is 252 g/mol. The van der Waals surface area contributed by atoms with E-state index >= 15 is 0 Å². The predicted molar refractivity (Wildman–Crippen MR) is 76.9 cm³/mol. The van der Waals surface area contributed by atoms with Crippen LogP contribution in [0.25, 0.3) is 22.4 Å². The molecule has 0 aliphatic heterocycles. The fourth-order valence-electron chi connectivity index (χ4n) is 2.33. The van der Waals surface area contributed by atoms with E-state index < -0.39 is 0 Å². The largest absolute Gasteiger partial charge is 0.393 e. The van der Waals surface area contributed by atoms with E-state index in [1.165, 1.54) is 0 Å². The number of aromatic nitrogens is 2. The standard InChI is InChI=1S/C16H16N2O/c1-11(19)10-12-6-2-3-7-13(12)16-17-14-8-4-5-9-15(14)18-16/h2-9,11,19H,10H2,1H3,(H,17,18)/t11-/m0/s1. The Bertz CT molecular complexity index is 668. The summed E-state index contributed by atoms with van der Waals surface area (Å²) in [6, 6.07) is 16.0. The van der Waals surface area contributed by atoms with Crippen LogP contribution < -0.4 is 0 Å². The zero-order valence-electron chi connectivity index (χ0n) is 10.8. The molecule has 3 nitrogen and oxygen atoms in total. The minimum Gasteiger partial charge on any atom is -0.393 e. The molecule has 1 aromatic heterocycles. The minimum absolute atomic E-state index is 0.356. The number of nitrogens with one attached hydrogen (secondary N) is 1. The van der Waals surface area contributed by atoms with Crippen LogP contribution in [0.1, 0.15) is 12.5 Å². The van der Waals surface area contributed by atoms with Crippen LogP contribution in [0.4, 0.5) is 0 Å². The lowest BCUT2D eigenvalue weighted by Gasteiger charge is -2.08. The number of fused-ring (bicyclic) bond motifs is 1. The summed E-state index contributed by atoms with van der Waals surface area (Å²) < 4.78 is 0. The molecule has 3 heteroatoms. The van der Waals surface area contributed by atoms with E-state index in [-0.39, 0.29) is 6.10 Å². The summed E-state index contributed by atoms with van der Waals surface area (Å²) >= 11 is 0. The maximum atomic E-state index is 9.59. The maximum Gasteiger partial charge on any atom is 0.138 e. The van der Waals surface area contributed by atoms with E-state index in [1.807, 2.05) is 48.5 Å². The van der Waals surface area contributed by atoms with Crippen LogP contribution in [0.5, 0.6) is 0 Å². The average Bonchev–Trinajstić information content (AvgIpc) is 2.82. The molecule has 0 aliphatic carbocycles. The van der Waals surface area contributed by atoms with Gasteiger partial charge < -0.3 is 10.1 Å². The highest BCUT2D eigenvalue weighted by atomic mass is 16.3. The second kappa shape index (κ2) is 4.86. The fraction of sp³-hybridized carbons (Fsp3) is 0.188. The van der Waals surface area contributed by atoms with Crippen molar-refractivity contribution in [2.45, 2.75) is 19.4 Å². The molecule has 19 heavy (non-hydrogen) atoms. The van der Waals surface area contributed by atoms with Gasteiger partial charge in [-0.1, -0.05) is 36.4 Å². The predicted octanol–water partition coefficient (Wildman–Crippen LogP) is 3.15. The van der Waals surface area contributed by atoms with Gasteiger partial charge in [0.2, 0.25) is 0 Å². The van der Waals surface area contributed by atoms with Crippen molar-refractivity contribution in [3.8, 4) is 11.4 Å². The number of hydrogen-bond donors (Lipinski definition) is 2. The van der Waals surface area contributed by atoms with Crippen LogP contribution in [0, 0.1) is 0 Å². The molecule has 0 spiro atoms. The van der Waals surface area contributed by atoms with Crippen molar-refractivity contribution in [2.24, 2.45) is 0 Å². The second-order valence-electron chi connectivity index (χ2n) is 4.81. The van der Waals surface area contributed by atoms with Crippen molar-refractivity contribution in [3.05, 3.63) is 54.1 Å². The Kier molecular flexibility index (Phi) is 3.05. The number of rotatable bonds is 3. The highest BCUT2D eigenvalue weighted by Gasteiger charge is 2.10. The molecule has 2 aromatic carbocycles. The van der Waals surface area contributed by atoms with Gasteiger partial charge in [-0.15, -0.1) is 0 Å². The summed E-state index contributed by atoms with van der Waals surface area (Å²) in [5, 5.41) is 9.59. The molecule has 0 bridgehead atoms. The van der Waals surface area contributed by atoms with E-state index in [0.717, 1.165) is 28.0 Å². The van der Waals surface area contributed by atoms with Gasteiger partial charge in [0.1, 0.15) is 5.82 Å². The second-order valence-corrected chi connectivity index (χ2v) is 4.81. The molecule has 2 N–H and O–H groups in total. The number of benzene rings is 2. The van der Waals surface area contributed by atoms with Gasteiger partial charge in [0.25, 0.3) is 0 Å². The first-order valence-electron chi connectivity index (χ1n) is 6.45. The molecule has 0 saturated heterocycles. The van der Waals surface area contributed by atoms with Gasteiger partial charge in [-0.2, -0.15) is 0 Å².